The molecule has 9 nitrogen and oxygen atoms in total. The molecule has 168 valence electrons. The number of nitro groups is 1. The van der Waals surface area contributed by atoms with E-state index < -0.39 is 0 Å². The second-order valence-electron chi connectivity index (χ2n) is 7.97. The first kappa shape index (κ1) is 21.1. The Hall–Kier alpha value is -3.79. The van der Waals surface area contributed by atoms with Gasteiger partial charge in [0.2, 0.25) is 0 Å². The highest BCUT2D eigenvalue weighted by atomic mass is 32.1. The van der Waals surface area contributed by atoms with Crippen LogP contribution in [0.1, 0.15) is 16.1 Å². The Morgan fingerprint density at radius 3 is 2.58 bits per heavy atom. The average molecular weight is 463 g/mol. The van der Waals surface area contributed by atoms with Crippen molar-refractivity contribution in [3.8, 4) is 10.6 Å². The topological polar surface area (TPSA) is 97.4 Å². The van der Waals surface area contributed by atoms with Gasteiger partial charge in [0.1, 0.15) is 5.69 Å². The van der Waals surface area contributed by atoms with Crippen LogP contribution in [-0.2, 0) is 7.05 Å². The highest BCUT2D eigenvalue weighted by Crippen LogP contribution is 2.31. The zero-order valence-corrected chi connectivity index (χ0v) is 19.1. The van der Waals surface area contributed by atoms with Crippen molar-refractivity contribution in [1.82, 2.24) is 19.7 Å². The second-order valence-corrected chi connectivity index (χ2v) is 8.91. The Morgan fingerprint density at radius 1 is 1.12 bits per heavy atom. The molecule has 4 heterocycles. The summed E-state index contributed by atoms with van der Waals surface area (Å²) in [5.41, 5.74) is 3.46. The Balaban J connectivity index is 1.45. The molecule has 5 rings (SSSR count). The lowest BCUT2D eigenvalue weighted by molar-refractivity contribution is -0.384. The summed E-state index contributed by atoms with van der Waals surface area (Å²) in [6, 6.07) is 12.5. The van der Waals surface area contributed by atoms with Crippen molar-refractivity contribution in [3.05, 3.63) is 69.2 Å². The van der Waals surface area contributed by atoms with Crippen LogP contribution in [0.25, 0.3) is 21.6 Å². The Bertz CT molecular complexity index is 1360. The molecule has 10 heteroatoms. The number of nitro benzene ring substituents is 1. The molecule has 3 aromatic heterocycles. The molecule has 4 aromatic rings. The minimum atomic E-state index is -0.363. The Kier molecular flexibility index (Phi) is 5.29. The van der Waals surface area contributed by atoms with Crippen molar-refractivity contribution in [2.45, 2.75) is 6.92 Å². The molecule has 0 aliphatic carbocycles. The number of para-hydroxylation sites is 2. The fourth-order valence-corrected chi connectivity index (χ4v) is 5.06. The molecule has 0 unspecified atom stereocenters. The molecule has 0 saturated carbocycles. The first-order chi connectivity index (χ1) is 15.9. The number of rotatable bonds is 4. The molecule has 0 N–H and O–H groups in total. The SMILES string of the molecule is Cc1nn(C)c2nc(-c3cccs3)cc(C(=O)N3CCN(c4ccccc4[N+](=O)[O-])CC3)c12. The van der Waals surface area contributed by atoms with E-state index in [1.165, 1.54) is 6.07 Å². The highest BCUT2D eigenvalue weighted by Gasteiger charge is 2.28. The van der Waals surface area contributed by atoms with Gasteiger partial charge in [-0.1, -0.05) is 18.2 Å². The lowest BCUT2D eigenvalue weighted by atomic mass is 10.1. The minimum absolute atomic E-state index is 0.0708. The predicted octanol–water partition coefficient (Wildman–Crippen LogP) is 3.88. The van der Waals surface area contributed by atoms with E-state index in [2.05, 4.69) is 5.10 Å². The minimum Gasteiger partial charge on any atom is -0.362 e. The van der Waals surface area contributed by atoms with Gasteiger partial charge in [-0.05, 0) is 30.5 Å². The number of pyridine rings is 1. The molecule has 0 bridgehead atoms. The maximum Gasteiger partial charge on any atom is 0.292 e. The zero-order valence-electron chi connectivity index (χ0n) is 18.3. The number of fused-ring (bicyclic) bond motifs is 1. The van der Waals surface area contributed by atoms with E-state index in [-0.39, 0.29) is 16.5 Å². The molecular formula is C23H22N6O3S. The van der Waals surface area contributed by atoms with Crippen LogP contribution < -0.4 is 4.90 Å². The quantitative estimate of drug-likeness (QED) is 0.337. The number of anilines is 1. The molecule has 0 radical (unpaired) electrons. The summed E-state index contributed by atoms with van der Waals surface area (Å²) in [7, 11) is 1.83. The maximum absolute atomic E-state index is 13.7. The third-order valence-electron chi connectivity index (χ3n) is 5.96. The summed E-state index contributed by atoms with van der Waals surface area (Å²) in [6.45, 7) is 3.88. The maximum atomic E-state index is 13.7. The number of aromatic nitrogens is 3. The number of amides is 1. The fraction of sp³-hybridized carbons (Fsp3) is 0.261. The normalized spacial score (nSPS) is 14.1. The number of hydrogen-bond donors (Lipinski definition) is 0. The van der Waals surface area contributed by atoms with Crippen molar-refractivity contribution in [3.63, 3.8) is 0 Å². The van der Waals surface area contributed by atoms with Gasteiger partial charge in [-0.2, -0.15) is 5.10 Å². The van der Waals surface area contributed by atoms with Crippen molar-refractivity contribution >= 4 is 39.7 Å². The molecule has 1 aliphatic rings. The molecule has 1 aromatic carbocycles. The van der Waals surface area contributed by atoms with Gasteiger partial charge in [-0.15, -0.1) is 11.3 Å². The summed E-state index contributed by atoms with van der Waals surface area (Å²) >= 11 is 1.58. The lowest BCUT2D eigenvalue weighted by Crippen LogP contribution is -2.49. The van der Waals surface area contributed by atoms with Crippen molar-refractivity contribution in [1.29, 1.82) is 0 Å². The van der Waals surface area contributed by atoms with Crippen LogP contribution in [0, 0.1) is 17.0 Å². The molecular weight excluding hydrogens is 440 g/mol. The first-order valence-electron chi connectivity index (χ1n) is 10.6. The van der Waals surface area contributed by atoms with Crippen LogP contribution in [0.4, 0.5) is 11.4 Å². The van der Waals surface area contributed by atoms with Gasteiger partial charge in [-0.25, -0.2) is 4.98 Å². The molecule has 1 fully saturated rings. The van der Waals surface area contributed by atoms with Crippen molar-refractivity contribution in [2.75, 3.05) is 31.1 Å². The van der Waals surface area contributed by atoms with Crippen LogP contribution in [0.2, 0.25) is 0 Å². The summed E-state index contributed by atoms with van der Waals surface area (Å²) in [6.07, 6.45) is 0. The molecule has 1 aliphatic heterocycles. The van der Waals surface area contributed by atoms with E-state index in [1.807, 2.05) is 47.4 Å². The number of hydrogen-bond acceptors (Lipinski definition) is 7. The molecule has 33 heavy (non-hydrogen) atoms. The number of aryl methyl sites for hydroxylation is 2. The monoisotopic (exact) mass is 462 g/mol. The number of benzene rings is 1. The largest absolute Gasteiger partial charge is 0.362 e. The number of carbonyl (C=O) groups is 1. The first-order valence-corrected chi connectivity index (χ1v) is 11.5. The van der Waals surface area contributed by atoms with E-state index >= 15 is 0 Å². The van der Waals surface area contributed by atoms with E-state index in [0.29, 0.717) is 43.1 Å². The van der Waals surface area contributed by atoms with Crippen molar-refractivity contribution in [2.24, 2.45) is 7.05 Å². The van der Waals surface area contributed by atoms with Gasteiger partial charge in [0.25, 0.3) is 11.6 Å². The van der Waals surface area contributed by atoms with Crippen molar-refractivity contribution < 1.29 is 9.72 Å². The van der Waals surface area contributed by atoms with Gasteiger partial charge in [0.05, 0.1) is 32.1 Å². The van der Waals surface area contributed by atoms with Gasteiger partial charge in [0, 0.05) is 39.3 Å². The Morgan fingerprint density at radius 2 is 1.88 bits per heavy atom. The third-order valence-corrected chi connectivity index (χ3v) is 6.85. The summed E-state index contributed by atoms with van der Waals surface area (Å²) in [4.78, 5) is 34.2. The third kappa shape index (κ3) is 3.72. The summed E-state index contributed by atoms with van der Waals surface area (Å²) in [5, 5.41) is 18.7. The summed E-state index contributed by atoms with van der Waals surface area (Å²) < 4.78 is 1.71. The van der Waals surface area contributed by atoms with E-state index in [9.17, 15) is 14.9 Å². The lowest BCUT2D eigenvalue weighted by Gasteiger charge is -2.36. The number of carbonyl (C=O) groups excluding carboxylic acids is 1. The van der Waals surface area contributed by atoms with Crippen LogP contribution in [-0.4, -0.2) is 56.7 Å². The zero-order chi connectivity index (χ0) is 23.1. The van der Waals surface area contributed by atoms with Crippen LogP contribution in [0.15, 0.2) is 47.8 Å². The van der Waals surface area contributed by atoms with Gasteiger partial charge in [0.15, 0.2) is 5.65 Å². The molecule has 1 saturated heterocycles. The van der Waals surface area contributed by atoms with E-state index in [4.69, 9.17) is 4.98 Å². The van der Waals surface area contributed by atoms with Crippen LogP contribution >= 0.6 is 11.3 Å². The summed E-state index contributed by atoms with van der Waals surface area (Å²) in [5.74, 6) is -0.0708. The van der Waals surface area contributed by atoms with Crippen LogP contribution in [0.3, 0.4) is 0 Å². The molecule has 0 spiro atoms. The smallest absolute Gasteiger partial charge is 0.292 e. The number of thiophene rings is 1. The van der Waals surface area contributed by atoms with Gasteiger partial charge >= 0.3 is 0 Å². The molecule has 0 atom stereocenters. The average Bonchev–Trinajstić information content (AvgIpc) is 3.47. The predicted molar refractivity (Wildman–Crippen MR) is 128 cm³/mol. The van der Waals surface area contributed by atoms with Crippen LogP contribution in [0.5, 0.6) is 0 Å². The van der Waals surface area contributed by atoms with Gasteiger partial charge < -0.3 is 9.80 Å². The fourth-order valence-electron chi connectivity index (χ4n) is 4.37. The Labute approximate surface area is 194 Å². The van der Waals surface area contributed by atoms with Gasteiger partial charge in [-0.3, -0.25) is 19.6 Å². The second kappa shape index (κ2) is 8.28. The molecule has 1 amide bonds. The highest BCUT2D eigenvalue weighted by molar-refractivity contribution is 7.13. The number of piperazine rings is 1. The standard InChI is InChI=1S/C23H22N6O3S/c1-15-21-16(14-17(20-8-5-13-33-20)24-22(21)26(2)25-15)23(30)28-11-9-27(10-12-28)18-6-3-4-7-19(18)29(31)32/h3-8,13-14H,9-12H2,1-2H3. The van der Waals surface area contributed by atoms with E-state index in [1.54, 1.807) is 34.2 Å². The number of nitrogens with zero attached hydrogens (tertiary/aromatic N) is 6. The van der Waals surface area contributed by atoms with E-state index in [0.717, 1.165) is 21.7 Å².